The molecule has 5 nitrogen and oxygen atoms in total. The van der Waals surface area contributed by atoms with E-state index in [0.29, 0.717) is 12.3 Å². The van der Waals surface area contributed by atoms with Gasteiger partial charge in [0.2, 0.25) is 0 Å². The zero-order chi connectivity index (χ0) is 12.4. The van der Waals surface area contributed by atoms with Crippen molar-refractivity contribution in [3.63, 3.8) is 0 Å². The highest BCUT2D eigenvalue weighted by atomic mass is 16.5. The smallest absolute Gasteiger partial charge is 0.269 e. The van der Waals surface area contributed by atoms with Crippen molar-refractivity contribution in [3.8, 4) is 6.07 Å². The zero-order valence-electron chi connectivity index (χ0n) is 9.60. The van der Waals surface area contributed by atoms with E-state index in [9.17, 15) is 4.79 Å². The minimum absolute atomic E-state index is 0.131. The maximum Gasteiger partial charge on any atom is 0.269 e. The summed E-state index contributed by atoms with van der Waals surface area (Å²) in [7, 11) is 0. The lowest BCUT2D eigenvalue weighted by molar-refractivity contribution is 0.370. The van der Waals surface area contributed by atoms with E-state index in [1.54, 1.807) is 12.1 Å². The molecule has 0 saturated heterocycles. The van der Waals surface area contributed by atoms with Gasteiger partial charge in [0.15, 0.2) is 5.76 Å². The van der Waals surface area contributed by atoms with Crippen LogP contribution in [0.2, 0.25) is 0 Å². The Labute approximate surface area is 97.9 Å². The van der Waals surface area contributed by atoms with Crippen molar-refractivity contribution >= 4 is 0 Å². The average Bonchev–Trinajstić information content (AvgIpc) is 2.70. The summed E-state index contributed by atoms with van der Waals surface area (Å²) in [5, 5.41) is 12.6. The molecule has 0 aromatic carbocycles. The molecule has 5 heteroatoms. The van der Waals surface area contributed by atoms with Crippen LogP contribution in [0.1, 0.15) is 22.7 Å². The third kappa shape index (κ3) is 2.11. The van der Waals surface area contributed by atoms with Gasteiger partial charge >= 0.3 is 0 Å². The number of rotatable bonds is 2. The monoisotopic (exact) mass is 229 g/mol. The van der Waals surface area contributed by atoms with Gasteiger partial charge in [-0.05, 0) is 26.0 Å². The lowest BCUT2D eigenvalue weighted by Crippen LogP contribution is -2.24. The number of hydrogen-bond acceptors (Lipinski definition) is 4. The first-order valence-electron chi connectivity index (χ1n) is 5.14. The van der Waals surface area contributed by atoms with Crippen LogP contribution in [0.5, 0.6) is 0 Å². The predicted molar refractivity (Wildman–Crippen MR) is 60.5 cm³/mol. The summed E-state index contributed by atoms with van der Waals surface area (Å²) in [6, 6.07) is 6.91. The number of nitrogens with zero attached hydrogens (tertiary/aromatic N) is 3. The second kappa shape index (κ2) is 4.26. The Morgan fingerprint density at radius 2 is 2.24 bits per heavy atom. The maximum atomic E-state index is 11.9. The van der Waals surface area contributed by atoms with Crippen molar-refractivity contribution in [1.82, 2.24) is 9.72 Å². The van der Waals surface area contributed by atoms with Crippen molar-refractivity contribution in [3.05, 3.63) is 51.3 Å². The van der Waals surface area contributed by atoms with Crippen molar-refractivity contribution in [2.24, 2.45) is 0 Å². The normalized spacial score (nSPS) is 10.2. The van der Waals surface area contributed by atoms with Crippen LogP contribution in [0.15, 0.2) is 27.5 Å². The van der Waals surface area contributed by atoms with Gasteiger partial charge in [0.25, 0.3) is 5.56 Å². The fraction of sp³-hybridized carbons (Fsp3) is 0.250. The lowest BCUT2D eigenvalue weighted by Gasteiger charge is -2.07. The first-order valence-corrected chi connectivity index (χ1v) is 5.14. The Morgan fingerprint density at radius 3 is 2.82 bits per heavy atom. The molecule has 2 aromatic rings. The van der Waals surface area contributed by atoms with Crippen molar-refractivity contribution in [2.75, 3.05) is 0 Å². The van der Waals surface area contributed by atoms with Crippen LogP contribution in [-0.2, 0) is 6.54 Å². The highest BCUT2D eigenvalue weighted by molar-refractivity contribution is 5.27. The van der Waals surface area contributed by atoms with E-state index in [1.807, 2.05) is 19.9 Å². The highest BCUT2D eigenvalue weighted by Crippen LogP contribution is 2.06. The molecular formula is C12H11N3O2. The number of hydrogen-bond donors (Lipinski definition) is 0. The van der Waals surface area contributed by atoms with Crippen LogP contribution < -0.4 is 5.56 Å². The molecule has 0 radical (unpaired) electrons. The molecule has 0 aliphatic carbocycles. The summed E-state index contributed by atoms with van der Waals surface area (Å²) >= 11 is 0. The Hall–Kier alpha value is -2.35. The molecule has 0 bridgehead atoms. The molecule has 0 aliphatic rings. The van der Waals surface area contributed by atoms with Crippen LogP contribution >= 0.6 is 0 Å². The minimum Gasteiger partial charge on any atom is -0.359 e. The summed E-state index contributed by atoms with van der Waals surface area (Å²) < 4.78 is 6.56. The number of aromatic nitrogens is 2. The fourth-order valence-electron chi connectivity index (χ4n) is 1.60. The minimum atomic E-state index is -0.304. The third-order valence-corrected chi connectivity index (χ3v) is 2.50. The van der Waals surface area contributed by atoms with Gasteiger partial charge in [-0.2, -0.15) is 5.26 Å². The van der Waals surface area contributed by atoms with E-state index in [0.717, 1.165) is 11.4 Å². The molecule has 2 heterocycles. The summed E-state index contributed by atoms with van der Waals surface area (Å²) in [6.07, 6.45) is 0. The lowest BCUT2D eigenvalue weighted by atomic mass is 10.2. The van der Waals surface area contributed by atoms with Crippen LogP contribution in [0.3, 0.4) is 0 Å². The molecule has 0 atom stereocenters. The average molecular weight is 229 g/mol. The Morgan fingerprint density at radius 1 is 1.47 bits per heavy atom. The van der Waals surface area contributed by atoms with Crippen molar-refractivity contribution in [2.45, 2.75) is 20.4 Å². The van der Waals surface area contributed by atoms with Crippen LogP contribution in [0.25, 0.3) is 0 Å². The topological polar surface area (TPSA) is 71.8 Å². The van der Waals surface area contributed by atoms with E-state index < -0.39 is 0 Å². The van der Waals surface area contributed by atoms with Gasteiger partial charge in [0.1, 0.15) is 11.6 Å². The molecule has 0 spiro atoms. The van der Waals surface area contributed by atoms with Gasteiger partial charge in [-0.3, -0.25) is 4.79 Å². The standard InChI is InChI=1S/C12H11N3O2/c1-8-5-11(17-14-8)7-15-9(2)3-4-10(6-13)12(15)16/h3-5H,7H2,1-2H3. The quantitative estimate of drug-likeness (QED) is 0.779. The molecule has 0 saturated carbocycles. The van der Waals surface area contributed by atoms with Gasteiger partial charge in [-0.15, -0.1) is 0 Å². The second-order valence-corrected chi connectivity index (χ2v) is 3.83. The molecule has 0 N–H and O–H groups in total. The van der Waals surface area contributed by atoms with E-state index in [1.165, 1.54) is 10.6 Å². The Balaban J connectivity index is 2.46. The molecule has 86 valence electrons. The largest absolute Gasteiger partial charge is 0.359 e. The van der Waals surface area contributed by atoms with Crippen LogP contribution in [0.4, 0.5) is 0 Å². The van der Waals surface area contributed by atoms with E-state index in [2.05, 4.69) is 5.16 Å². The van der Waals surface area contributed by atoms with Gasteiger partial charge in [-0.1, -0.05) is 5.16 Å². The Bertz CT molecular complexity index is 647. The second-order valence-electron chi connectivity index (χ2n) is 3.83. The molecule has 0 unspecified atom stereocenters. The molecule has 0 aliphatic heterocycles. The SMILES string of the molecule is Cc1cc(Cn2c(C)ccc(C#N)c2=O)on1. The van der Waals surface area contributed by atoms with Crippen LogP contribution in [0, 0.1) is 25.2 Å². The fourth-order valence-corrected chi connectivity index (χ4v) is 1.60. The third-order valence-electron chi connectivity index (χ3n) is 2.50. The summed E-state index contributed by atoms with van der Waals surface area (Å²) in [5.74, 6) is 0.600. The highest BCUT2D eigenvalue weighted by Gasteiger charge is 2.08. The molecular weight excluding hydrogens is 218 g/mol. The first-order chi connectivity index (χ1) is 8.11. The van der Waals surface area contributed by atoms with Gasteiger partial charge < -0.3 is 9.09 Å². The molecule has 0 amide bonds. The maximum absolute atomic E-state index is 11.9. The van der Waals surface area contributed by atoms with Gasteiger partial charge in [-0.25, -0.2) is 0 Å². The Kier molecular flexibility index (Phi) is 2.79. The van der Waals surface area contributed by atoms with Gasteiger partial charge in [0, 0.05) is 11.8 Å². The van der Waals surface area contributed by atoms with E-state index in [4.69, 9.17) is 9.78 Å². The van der Waals surface area contributed by atoms with Gasteiger partial charge in [0.05, 0.1) is 12.2 Å². The van der Waals surface area contributed by atoms with Crippen molar-refractivity contribution < 1.29 is 4.52 Å². The predicted octanol–water partition coefficient (Wildman–Crippen LogP) is 1.37. The van der Waals surface area contributed by atoms with E-state index in [-0.39, 0.29) is 11.1 Å². The number of pyridine rings is 1. The number of aryl methyl sites for hydroxylation is 2. The molecule has 2 aromatic heterocycles. The summed E-state index contributed by atoms with van der Waals surface area (Å²) in [6.45, 7) is 3.92. The zero-order valence-corrected chi connectivity index (χ0v) is 9.60. The van der Waals surface area contributed by atoms with E-state index >= 15 is 0 Å². The summed E-state index contributed by atoms with van der Waals surface area (Å²) in [4.78, 5) is 11.9. The van der Waals surface area contributed by atoms with Crippen LogP contribution in [-0.4, -0.2) is 9.72 Å². The summed E-state index contributed by atoms with van der Waals surface area (Å²) in [5.41, 5.74) is 1.37. The number of nitriles is 1. The molecule has 17 heavy (non-hydrogen) atoms. The first kappa shape index (κ1) is 11.1. The molecule has 2 rings (SSSR count). The molecule has 0 fully saturated rings. The van der Waals surface area contributed by atoms with Crippen molar-refractivity contribution in [1.29, 1.82) is 5.26 Å².